The van der Waals surface area contributed by atoms with Crippen LogP contribution in [0.4, 0.5) is 5.95 Å². The van der Waals surface area contributed by atoms with Crippen LogP contribution < -0.4 is 11.0 Å². The van der Waals surface area contributed by atoms with E-state index in [-0.39, 0.29) is 17.6 Å². The maximum atomic E-state index is 11.6. The van der Waals surface area contributed by atoms with Gasteiger partial charge < -0.3 is 4.74 Å². The number of rotatable bonds is 4. The third-order valence-electron chi connectivity index (χ3n) is 2.54. The summed E-state index contributed by atoms with van der Waals surface area (Å²) in [6.07, 6.45) is 3.80. The van der Waals surface area contributed by atoms with Crippen LogP contribution in [-0.2, 0) is 11.2 Å². The molecule has 8 nitrogen and oxygen atoms in total. The molecule has 0 radical (unpaired) electrons. The van der Waals surface area contributed by atoms with Crippen molar-refractivity contribution in [2.45, 2.75) is 25.4 Å². The van der Waals surface area contributed by atoms with Crippen molar-refractivity contribution in [2.24, 2.45) is 0 Å². The maximum Gasteiger partial charge on any atom is 0.265 e. The molecule has 2 N–H and O–H groups in total. The first-order valence-electron chi connectivity index (χ1n) is 5.26. The van der Waals surface area contributed by atoms with Crippen LogP contribution in [0.15, 0.2) is 11.0 Å². The summed E-state index contributed by atoms with van der Waals surface area (Å²) in [5.41, 5.74) is 1.89. The van der Waals surface area contributed by atoms with Gasteiger partial charge in [-0.1, -0.05) is 5.43 Å². The number of hydrogen-bond acceptors (Lipinski definition) is 5. The van der Waals surface area contributed by atoms with Gasteiger partial charge in [0.25, 0.3) is 11.5 Å². The van der Waals surface area contributed by atoms with Crippen molar-refractivity contribution in [3.8, 4) is 0 Å². The first-order valence-corrected chi connectivity index (χ1v) is 5.26. The summed E-state index contributed by atoms with van der Waals surface area (Å²) < 4.78 is 5.40. The van der Waals surface area contributed by atoms with Crippen LogP contribution in [-0.4, -0.2) is 27.7 Å². The standard InChI is InChI=1S/C9H12N4O4/c14-8-6(4-7-2-1-3-17-7)5-10-9(11-8)12-13(15)16/h5,7H,1-4H2,(H2,10,11,12,14). The van der Waals surface area contributed by atoms with Crippen molar-refractivity contribution in [1.29, 1.82) is 0 Å². The fraction of sp³-hybridized carbons (Fsp3) is 0.556. The van der Waals surface area contributed by atoms with Crippen LogP contribution >= 0.6 is 0 Å². The molecule has 1 fully saturated rings. The number of anilines is 1. The molecule has 0 spiro atoms. The molecule has 0 aromatic carbocycles. The van der Waals surface area contributed by atoms with E-state index in [1.54, 1.807) is 5.43 Å². The molecule has 0 amide bonds. The Kier molecular flexibility index (Phi) is 3.33. The first kappa shape index (κ1) is 11.5. The third-order valence-corrected chi connectivity index (χ3v) is 2.54. The highest BCUT2D eigenvalue weighted by molar-refractivity contribution is 5.21. The number of nitrogens with one attached hydrogen (secondary N) is 2. The highest BCUT2D eigenvalue weighted by atomic mass is 16.7. The van der Waals surface area contributed by atoms with Crippen molar-refractivity contribution < 1.29 is 9.77 Å². The number of hydrogen-bond donors (Lipinski definition) is 2. The van der Waals surface area contributed by atoms with Crippen LogP contribution in [0.2, 0.25) is 0 Å². The Hall–Kier alpha value is -1.96. The zero-order valence-corrected chi connectivity index (χ0v) is 9.01. The van der Waals surface area contributed by atoms with Gasteiger partial charge in [-0.25, -0.2) is 15.1 Å². The summed E-state index contributed by atoms with van der Waals surface area (Å²) in [5, 5.41) is 9.38. The molecule has 1 aliphatic heterocycles. The van der Waals surface area contributed by atoms with Crippen molar-refractivity contribution in [1.82, 2.24) is 9.97 Å². The monoisotopic (exact) mass is 240 g/mol. The average molecular weight is 240 g/mol. The second-order valence-electron chi connectivity index (χ2n) is 3.79. The van der Waals surface area contributed by atoms with Crippen LogP contribution in [0.5, 0.6) is 0 Å². The summed E-state index contributed by atoms with van der Waals surface area (Å²) in [6.45, 7) is 0.719. The van der Waals surface area contributed by atoms with Crippen LogP contribution in [0.25, 0.3) is 0 Å². The second kappa shape index (κ2) is 4.91. The van der Waals surface area contributed by atoms with Crippen molar-refractivity contribution in [3.05, 3.63) is 32.2 Å². The molecule has 2 rings (SSSR count). The number of ether oxygens (including phenoxy) is 1. The topological polar surface area (TPSA) is 110 Å². The van der Waals surface area contributed by atoms with Crippen molar-refractivity contribution in [2.75, 3.05) is 12.0 Å². The summed E-state index contributed by atoms with van der Waals surface area (Å²) in [5.74, 6) is -0.170. The quantitative estimate of drug-likeness (QED) is 0.570. The molecule has 92 valence electrons. The van der Waals surface area contributed by atoms with E-state index in [0.717, 1.165) is 19.4 Å². The number of nitro groups is 1. The van der Waals surface area contributed by atoms with Crippen molar-refractivity contribution in [3.63, 3.8) is 0 Å². The molecule has 2 heterocycles. The Morgan fingerprint density at radius 2 is 2.53 bits per heavy atom. The zero-order valence-electron chi connectivity index (χ0n) is 9.01. The first-order chi connectivity index (χ1) is 8.15. The SMILES string of the molecule is O=c1[nH]c(N[N+](=O)[O-])ncc1CC1CCCO1. The molecule has 17 heavy (non-hydrogen) atoms. The molecule has 1 saturated heterocycles. The lowest BCUT2D eigenvalue weighted by Crippen LogP contribution is -2.22. The lowest BCUT2D eigenvalue weighted by Gasteiger charge is -2.07. The van der Waals surface area contributed by atoms with Crippen LogP contribution in [0.1, 0.15) is 18.4 Å². The smallest absolute Gasteiger partial charge is 0.265 e. The van der Waals surface area contributed by atoms with E-state index < -0.39 is 5.03 Å². The zero-order chi connectivity index (χ0) is 12.3. The van der Waals surface area contributed by atoms with Crippen molar-refractivity contribution >= 4 is 5.95 Å². The Bertz CT molecular complexity index is 466. The number of nitrogens with zero attached hydrogens (tertiary/aromatic N) is 2. The van der Waals surface area contributed by atoms with Crippen LogP contribution in [0.3, 0.4) is 0 Å². The van der Waals surface area contributed by atoms with E-state index in [0.29, 0.717) is 12.0 Å². The minimum absolute atomic E-state index is 0.0484. The molecule has 1 atom stereocenters. The van der Waals surface area contributed by atoms with E-state index in [2.05, 4.69) is 9.97 Å². The van der Waals surface area contributed by atoms with Gasteiger partial charge >= 0.3 is 0 Å². The lowest BCUT2D eigenvalue weighted by atomic mass is 10.1. The van der Waals surface area contributed by atoms with Gasteiger partial charge in [-0.05, 0) is 12.8 Å². The van der Waals surface area contributed by atoms with E-state index in [1.165, 1.54) is 6.20 Å². The highest BCUT2D eigenvalue weighted by Crippen LogP contribution is 2.15. The van der Waals surface area contributed by atoms with Gasteiger partial charge in [0.05, 0.1) is 6.10 Å². The van der Waals surface area contributed by atoms with Gasteiger partial charge in [0.2, 0.25) is 0 Å². The molecular formula is C9H12N4O4. The lowest BCUT2D eigenvalue weighted by molar-refractivity contribution is -0.446. The molecule has 1 aliphatic rings. The molecule has 8 heteroatoms. The van der Waals surface area contributed by atoms with Gasteiger partial charge in [0.15, 0.2) is 5.03 Å². The van der Waals surface area contributed by atoms with Gasteiger partial charge in [-0.3, -0.25) is 9.78 Å². The summed E-state index contributed by atoms with van der Waals surface area (Å²) >= 11 is 0. The van der Waals surface area contributed by atoms with E-state index in [4.69, 9.17) is 4.74 Å². The van der Waals surface area contributed by atoms with Gasteiger partial charge in [0.1, 0.15) is 0 Å². The molecule has 1 aromatic heterocycles. The maximum absolute atomic E-state index is 11.6. The fourth-order valence-corrected chi connectivity index (χ4v) is 1.76. The second-order valence-corrected chi connectivity index (χ2v) is 3.79. The van der Waals surface area contributed by atoms with E-state index in [9.17, 15) is 14.9 Å². The number of hydrazine groups is 1. The normalized spacial score (nSPS) is 19.2. The minimum atomic E-state index is -0.780. The predicted octanol–water partition coefficient (Wildman–Crippen LogP) is 0.0950. The van der Waals surface area contributed by atoms with Gasteiger partial charge in [0, 0.05) is 24.8 Å². The van der Waals surface area contributed by atoms with Crippen LogP contribution in [0, 0.1) is 10.1 Å². The molecule has 1 aromatic rings. The average Bonchev–Trinajstić information content (AvgIpc) is 2.74. The molecule has 0 aliphatic carbocycles. The highest BCUT2D eigenvalue weighted by Gasteiger charge is 2.18. The predicted molar refractivity (Wildman–Crippen MR) is 58.2 cm³/mol. The molecule has 1 unspecified atom stereocenters. The summed E-state index contributed by atoms with van der Waals surface area (Å²) in [7, 11) is 0. The largest absolute Gasteiger partial charge is 0.378 e. The Balaban J connectivity index is 2.08. The Morgan fingerprint density at radius 3 is 3.12 bits per heavy atom. The summed E-state index contributed by atoms with van der Waals surface area (Å²) in [6, 6.07) is 0. The van der Waals surface area contributed by atoms with Gasteiger partial charge in [-0.15, -0.1) is 0 Å². The summed E-state index contributed by atoms with van der Waals surface area (Å²) in [4.78, 5) is 27.8. The number of aromatic nitrogens is 2. The number of aromatic amines is 1. The third kappa shape index (κ3) is 3.00. The fourth-order valence-electron chi connectivity index (χ4n) is 1.76. The molecule has 0 saturated carbocycles. The minimum Gasteiger partial charge on any atom is -0.378 e. The van der Waals surface area contributed by atoms with Gasteiger partial charge in [-0.2, -0.15) is 0 Å². The van der Waals surface area contributed by atoms with E-state index >= 15 is 0 Å². The molecular weight excluding hydrogens is 228 g/mol. The molecule has 0 bridgehead atoms. The number of H-pyrrole nitrogens is 1. The van der Waals surface area contributed by atoms with E-state index in [1.807, 2.05) is 0 Å². The Labute approximate surface area is 96.1 Å². The Morgan fingerprint density at radius 1 is 1.71 bits per heavy atom.